The summed E-state index contributed by atoms with van der Waals surface area (Å²) < 4.78 is 1.90. The second-order valence-electron chi connectivity index (χ2n) is 10.7. The second kappa shape index (κ2) is 7.84. The molecule has 33 heavy (non-hydrogen) atoms. The van der Waals surface area contributed by atoms with Crippen LogP contribution in [0.25, 0.3) is 0 Å². The topological polar surface area (TPSA) is 81.8 Å². The van der Waals surface area contributed by atoms with Crippen molar-refractivity contribution in [1.82, 2.24) is 19.6 Å². The number of piperidine rings is 1. The first-order valence-corrected chi connectivity index (χ1v) is 12.5. The lowest BCUT2D eigenvalue weighted by atomic mass is 9.52. The number of hydrogen-bond donors (Lipinski definition) is 2. The number of rotatable bonds is 6. The lowest BCUT2D eigenvalue weighted by molar-refractivity contribution is -0.153. The number of aromatic nitrogens is 2. The normalized spacial score (nSPS) is 31.7. The average Bonchev–Trinajstić information content (AvgIpc) is 3.48. The molecule has 3 heterocycles. The van der Waals surface area contributed by atoms with E-state index >= 15 is 0 Å². The van der Waals surface area contributed by atoms with Crippen molar-refractivity contribution >= 4 is 5.91 Å². The van der Waals surface area contributed by atoms with Crippen LogP contribution >= 0.6 is 0 Å². The summed E-state index contributed by atoms with van der Waals surface area (Å²) in [5.74, 6) is 1.10. The number of likely N-dealkylation sites (tertiary alicyclic amines) is 2. The highest BCUT2D eigenvalue weighted by atomic mass is 16.3. The van der Waals surface area contributed by atoms with Gasteiger partial charge in [0.2, 0.25) is 5.91 Å². The number of hydrogen-bond acceptors (Lipinski definition) is 5. The third kappa shape index (κ3) is 3.48. The standard InChI is InChI=1S/C26H34N4O3/c31-21-6-5-20-15-23-26(33)8-14-28(10-2-12-30-11-1-9-27-30)24(32)17-25(26,22(20)16-21)7-13-29(23)18-19-3-4-19/h1,5-6,9,11,16,19,23,31,33H,2-4,7-8,10,12-15,17-18H2/t23-,25-,26-/m1/s1. The van der Waals surface area contributed by atoms with Crippen molar-refractivity contribution in [3.63, 3.8) is 0 Å². The van der Waals surface area contributed by atoms with E-state index in [0.29, 0.717) is 25.9 Å². The van der Waals surface area contributed by atoms with Crippen LogP contribution in [0.2, 0.25) is 0 Å². The molecule has 2 saturated heterocycles. The number of aromatic hydroxyl groups is 1. The SMILES string of the molecule is O=C1C[C@]23CCN(CC4CC4)[C@H](Cc4ccc(O)cc42)[C@]3(O)CCN1CCCn1cccn1. The lowest BCUT2D eigenvalue weighted by Crippen LogP contribution is -2.71. The van der Waals surface area contributed by atoms with E-state index in [1.807, 2.05) is 34.0 Å². The van der Waals surface area contributed by atoms with E-state index in [4.69, 9.17) is 0 Å². The molecule has 3 fully saturated rings. The molecule has 176 valence electrons. The molecule has 7 nitrogen and oxygen atoms in total. The van der Waals surface area contributed by atoms with Crippen molar-refractivity contribution in [2.75, 3.05) is 26.2 Å². The Morgan fingerprint density at radius 2 is 2.03 bits per heavy atom. The summed E-state index contributed by atoms with van der Waals surface area (Å²) in [7, 11) is 0. The Bertz CT molecular complexity index is 1040. The lowest BCUT2D eigenvalue weighted by Gasteiger charge is -2.61. The number of nitrogens with zero attached hydrogens (tertiary/aromatic N) is 4. The molecular formula is C26H34N4O3. The minimum Gasteiger partial charge on any atom is -0.508 e. The Morgan fingerprint density at radius 1 is 1.15 bits per heavy atom. The molecule has 2 bridgehead atoms. The van der Waals surface area contributed by atoms with Crippen molar-refractivity contribution in [3.8, 4) is 5.75 Å². The summed E-state index contributed by atoms with van der Waals surface area (Å²) >= 11 is 0. The van der Waals surface area contributed by atoms with Gasteiger partial charge < -0.3 is 15.1 Å². The van der Waals surface area contributed by atoms with Crippen LogP contribution in [0, 0.1) is 5.92 Å². The fourth-order valence-electron chi connectivity index (χ4n) is 6.88. The zero-order valence-electron chi connectivity index (χ0n) is 19.2. The number of carbonyl (C=O) groups excluding carboxylic acids is 1. The average molecular weight is 451 g/mol. The quantitative estimate of drug-likeness (QED) is 0.706. The van der Waals surface area contributed by atoms with Gasteiger partial charge in [-0.05, 0) is 80.3 Å². The minimum atomic E-state index is -0.965. The molecule has 6 rings (SSSR count). The summed E-state index contributed by atoms with van der Waals surface area (Å²) in [6, 6.07) is 7.53. The number of aliphatic hydroxyl groups is 1. The van der Waals surface area contributed by atoms with Crippen LogP contribution in [0.15, 0.2) is 36.7 Å². The summed E-state index contributed by atoms with van der Waals surface area (Å²) in [6.07, 6.45) is 9.59. The molecule has 2 aliphatic carbocycles. The molecule has 7 heteroatoms. The van der Waals surface area contributed by atoms with Gasteiger partial charge in [0.1, 0.15) is 5.75 Å². The van der Waals surface area contributed by atoms with Crippen LogP contribution in [0.1, 0.15) is 49.7 Å². The number of phenols is 1. The Kier molecular flexibility index (Phi) is 5.03. The Labute approximate surface area is 195 Å². The Hall–Kier alpha value is -2.38. The van der Waals surface area contributed by atoms with E-state index in [0.717, 1.165) is 50.4 Å². The monoisotopic (exact) mass is 450 g/mol. The van der Waals surface area contributed by atoms with Gasteiger partial charge in [-0.25, -0.2) is 0 Å². The van der Waals surface area contributed by atoms with Gasteiger partial charge >= 0.3 is 0 Å². The highest BCUT2D eigenvalue weighted by Crippen LogP contribution is 2.57. The number of phenolic OH excluding ortho intramolecular Hbond substituents is 1. The zero-order valence-corrected chi connectivity index (χ0v) is 19.2. The highest BCUT2D eigenvalue weighted by Gasteiger charge is 2.64. The maximum atomic E-state index is 13.6. The Morgan fingerprint density at radius 3 is 2.82 bits per heavy atom. The van der Waals surface area contributed by atoms with Crippen LogP contribution < -0.4 is 0 Å². The van der Waals surface area contributed by atoms with Crippen LogP contribution in [-0.2, 0) is 23.2 Å². The largest absolute Gasteiger partial charge is 0.508 e. The predicted molar refractivity (Wildman–Crippen MR) is 124 cm³/mol. The highest BCUT2D eigenvalue weighted by molar-refractivity contribution is 5.79. The van der Waals surface area contributed by atoms with Crippen LogP contribution in [0.3, 0.4) is 0 Å². The summed E-state index contributed by atoms with van der Waals surface area (Å²) in [6.45, 7) is 4.00. The smallest absolute Gasteiger partial charge is 0.223 e. The molecule has 4 aliphatic rings. The fourth-order valence-corrected chi connectivity index (χ4v) is 6.88. The maximum absolute atomic E-state index is 13.6. The first kappa shape index (κ1) is 21.2. The molecule has 1 amide bonds. The second-order valence-corrected chi connectivity index (χ2v) is 10.7. The van der Waals surface area contributed by atoms with E-state index in [1.165, 1.54) is 18.4 Å². The molecule has 0 radical (unpaired) electrons. The summed E-state index contributed by atoms with van der Waals surface area (Å²) in [5.41, 5.74) is 0.590. The van der Waals surface area contributed by atoms with Gasteiger partial charge in [0.15, 0.2) is 0 Å². The van der Waals surface area contributed by atoms with Crippen molar-refractivity contribution in [3.05, 3.63) is 47.8 Å². The van der Waals surface area contributed by atoms with E-state index in [-0.39, 0.29) is 17.7 Å². The van der Waals surface area contributed by atoms with Crippen molar-refractivity contribution in [2.45, 2.75) is 68.5 Å². The molecule has 2 aliphatic heterocycles. The van der Waals surface area contributed by atoms with Gasteiger partial charge in [0, 0.05) is 56.5 Å². The first-order chi connectivity index (χ1) is 16.0. The van der Waals surface area contributed by atoms with Gasteiger partial charge in [0.05, 0.1) is 5.60 Å². The van der Waals surface area contributed by atoms with E-state index < -0.39 is 11.0 Å². The van der Waals surface area contributed by atoms with Gasteiger partial charge in [-0.2, -0.15) is 5.10 Å². The van der Waals surface area contributed by atoms with E-state index in [1.54, 1.807) is 12.3 Å². The van der Waals surface area contributed by atoms with Crippen molar-refractivity contribution < 1.29 is 15.0 Å². The molecule has 1 saturated carbocycles. The molecule has 0 unspecified atom stereocenters. The molecule has 0 spiro atoms. The number of amides is 1. The van der Waals surface area contributed by atoms with Crippen molar-refractivity contribution in [1.29, 1.82) is 0 Å². The van der Waals surface area contributed by atoms with E-state index in [9.17, 15) is 15.0 Å². The number of benzene rings is 1. The first-order valence-electron chi connectivity index (χ1n) is 12.5. The van der Waals surface area contributed by atoms with Gasteiger partial charge in [0.25, 0.3) is 0 Å². The van der Waals surface area contributed by atoms with Gasteiger partial charge in [-0.1, -0.05) is 6.07 Å². The van der Waals surface area contributed by atoms with Crippen LogP contribution in [-0.4, -0.2) is 73.5 Å². The number of carbonyl (C=O) groups is 1. The molecular weight excluding hydrogens is 416 g/mol. The van der Waals surface area contributed by atoms with Gasteiger partial charge in [-0.3, -0.25) is 14.4 Å². The zero-order chi connectivity index (χ0) is 22.6. The maximum Gasteiger partial charge on any atom is 0.223 e. The van der Waals surface area contributed by atoms with Crippen LogP contribution in [0.5, 0.6) is 5.75 Å². The van der Waals surface area contributed by atoms with E-state index in [2.05, 4.69) is 10.00 Å². The fraction of sp³-hybridized carbons (Fsp3) is 0.615. The molecule has 1 aromatic carbocycles. The number of aryl methyl sites for hydroxylation is 1. The van der Waals surface area contributed by atoms with Gasteiger partial charge in [-0.15, -0.1) is 0 Å². The molecule has 2 N–H and O–H groups in total. The molecule has 1 aromatic heterocycles. The number of fused-ring (bicyclic) bond motifs is 1. The third-order valence-corrected chi connectivity index (χ3v) is 8.80. The predicted octanol–water partition coefficient (Wildman–Crippen LogP) is 2.31. The molecule has 2 aromatic rings. The van der Waals surface area contributed by atoms with Crippen molar-refractivity contribution in [2.24, 2.45) is 5.92 Å². The third-order valence-electron chi connectivity index (χ3n) is 8.80. The minimum absolute atomic E-state index is 0.0284. The van der Waals surface area contributed by atoms with Crippen LogP contribution in [0.4, 0.5) is 0 Å². The summed E-state index contributed by atoms with van der Waals surface area (Å²) in [5, 5.41) is 27.1. The summed E-state index contributed by atoms with van der Waals surface area (Å²) in [4.78, 5) is 18.1. The molecule has 3 atom stereocenters. The Balaban J connectivity index is 1.32.